The zero-order valence-electron chi connectivity index (χ0n) is 11.5. The molecule has 120 valence electrons. The Balaban J connectivity index is 0.000000956. The van der Waals surface area contributed by atoms with Crippen molar-refractivity contribution >= 4 is 0 Å². The second kappa shape index (κ2) is 5.73. The first-order valence-corrected chi connectivity index (χ1v) is 6.63. The number of fused-ring (bicyclic) bond motifs is 2. The van der Waals surface area contributed by atoms with E-state index in [0.29, 0.717) is 19.3 Å². The zero-order chi connectivity index (χ0) is 15.8. The second-order valence-corrected chi connectivity index (χ2v) is 5.97. The van der Waals surface area contributed by atoms with Gasteiger partial charge in [0.25, 0.3) is 0 Å². The molecule has 0 heterocycles. The Morgan fingerprint density at radius 1 is 0.900 bits per heavy atom. The lowest BCUT2D eigenvalue weighted by Gasteiger charge is -2.37. The molecule has 2 aliphatic rings. The molecule has 20 heavy (non-hydrogen) atoms. The molecule has 2 aliphatic carbocycles. The third-order valence-electron chi connectivity index (χ3n) is 4.81. The van der Waals surface area contributed by atoms with Gasteiger partial charge >= 0.3 is 12.4 Å². The van der Waals surface area contributed by atoms with Crippen LogP contribution in [0.2, 0.25) is 0 Å². The van der Waals surface area contributed by atoms with Crippen molar-refractivity contribution in [1.82, 2.24) is 0 Å². The van der Waals surface area contributed by atoms with Gasteiger partial charge in [0.05, 0.1) is 0 Å². The first-order chi connectivity index (χ1) is 9.04. The van der Waals surface area contributed by atoms with Gasteiger partial charge in [-0.1, -0.05) is 6.42 Å². The maximum atomic E-state index is 12.8. The minimum atomic E-state index is -5.23. The third-order valence-corrected chi connectivity index (χ3v) is 4.81. The van der Waals surface area contributed by atoms with Gasteiger partial charge in [0.2, 0.25) is 0 Å². The van der Waals surface area contributed by atoms with Crippen LogP contribution in [0.25, 0.3) is 0 Å². The maximum absolute atomic E-state index is 12.8. The van der Waals surface area contributed by atoms with Gasteiger partial charge in [-0.15, -0.1) is 0 Å². The number of rotatable bonds is 2. The highest BCUT2D eigenvalue weighted by Gasteiger charge is 2.68. The van der Waals surface area contributed by atoms with Crippen LogP contribution in [0, 0.1) is 23.2 Å². The van der Waals surface area contributed by atoms with Crippen molar-refractivity contribution in [3.63, 3.8) is 0 Å². The van der Waals surface area contributed by atoms with E-state index in [1.54, 1.807) is 0 Å². The summed E-state index contributed by atoms with van der Waals surface area (Å²) in [5.41, 5.74) is -3.56. The highest BCUT2D eigenvalue weighted by atomic mass is 19.4. The van der Waals surface area contributed by atoms with Gasteiger partial charge in [-0.2, -0.15) is 26.3 Å². The molecule has 3 atom stereocenters. The van der Waals surface area contributed by atoms with Crippen LogP contribution in [0.15, 0.2) is 0 Å². The van der Waals surface area contributed by atoms with Crippen molar-refractivity contribution in [3.05, 3.63) is 0 Å². The molecule has 2 fully saturated rings. The highest BCUT2D eigenvalue weighted by molar-refractivity contribution is 4.97. The summed E-state index contributed by atoms with van der Waals surface area (Å²) in [4.78, 5) is 0. The summed E-state index contributed by atoms with van der Waals surface area (Å²) in [6.45, 7) is 0.305. The summed E-state index contributed by atoms with van der Waals surface area (Å²) >= 11 is 0. The van der Waals surface area contributed by atoms with Crippen LogP contribution >= 0.6 is 0 Å². The molecule has 0 amide bonds. The summed E-state index contributed by atoms with van der Waals surface area (Å²) in [6, 6.07) is 0. The standard InChI is InChI=1S/C12H16F6.CH4O/c1-10(11(13,14)15,12(16,17)18)6-9-5-7-2-3-8(9)4-7;1-2/h7-9H,2-6H2,1H3;2H,1H3. The van der Waals surface area contributed by atoms with Gasteiger partial charge in [-0.05, 0) is 50.4 Å². The van der Waals surface area contributed by atoms with Crippen molar-refractivity contribution in [3.8, 4) is 0 Å². The van der Waals surface area contributed by atoms with E-state index >= 15 is 0 Å². The van der Waals surface area contributed by atoms with Crippen molar-refractivity contribution in [2.24, 2.45) is 23.2 Å². The summed E-state index contributed by atoms with van der Waals surface area (Å²) < 4.78 is 76.7. The Labute approximate surface area is 114 Å². The largest absolute Gasteiger partial charge is 0.402 e. The van der Waals surface area contributed by atoms with Crippen LogP contribution in [0.5, 0.6) is 0 Å². The molecule has 2 bridgehead atoms. The molecule has 2 saturated carbocycles. The number of alkyl halides is 6. The third kappa shape index (κ3) is 3.07. The number of hydrogen-bond donors (Lipinski definition) is 1. The molecule has 0 radical (unpaired) electrons. The molecule has 0 saturated heterocycles. The van der Waals surface area contributed by atoms with Crippen molar-refractivity contribution in [1.29, 1.82) is 0 Å². The van der Waals surface area contributed by atoms with Crippen LogP contribution in [0.1, 0.15) is 39.0 Å². The molecule has 0 aromatic rings. The maximum Gasteiger partial charge on any atom is 0.402 e. The number of aliphatic hydroxyl groups is 1. The molecule has 0 aromatic carbocycles. The van der Waals surface area contributed by atoms with Gasteiger partial charge in [-0.25, -0.2) is 0 Å². The fourth-order valence-electron chi connectivity index (χ4n) is 3.54. The van der Waals surface area contributed by atoms with Crippen LogP contribution in [-0.4, -0.2) is 24.6 Å². The van der Waals surface area contributed by atoms with E-state index in [2.05, 4.69) is 0 Å². The van der Waals surface area contributed by atoms with Crippen molar-refractivity contribution in [2.45, 2.75) is 51.4 Å². The summed E-state index contributed by atoms with van der Waals surface area (Å²) in [7, 11) is 1.00. The second-order valence-electron chi connectivity index (χ2n) is 5.97. The summed E-state index contributed by atoms with van der Waals surface area (Å²) in [5.74, 6) is 0.00161. The van der Waals surface area contributed by atoms with E-state index in [-0.39, 0.29) is 5.92 Å². The monoisotopic (exact) mass is 306 g/mol. The lowest BCUT2D eigenvalue weighted by molar-refractivity contribution is -0.340. The Kier molecular flexibility index (Phi) is 5.04. The highest BCUT2D eigenvalue weighted by Crippen LogP contribution is 2.59. The van der Waals surface area contributed by atoms with Crippen LogP contribution in [0.4, 0.5) is 26.3 Å². The lowest BCUT2D eigenvalue weighted by atomic mass is 9.74. The van der Waals surface area contributed by atoms with Gasteiger partial charge in [0, 0.05) is 7.11 Å². The van der Waals surface area contributed by atoms with Crippen molar-refractivity contribution in [2.75, 3.05) is 7.11 Å². The van der Waals surface area contributed by atoms with E-state index in [1.165, 1.54) is 0 Å². The molecular formula is C13H20F6O. The molecule has 1 nitrogen and oxygen atoms in total. The lowest BCUT2D eigenvalue weighted by Crippen LogP contribution is -2.49. The molecular weight excluding hydrogens is 286 g/mol. The molecule has 0 aromatic heterocycles. The smallest absolute Gasteiger partial charge is 0.400 e. The van der Waals surface area contributed by atoms with Gasteiger partial charge in [0.15, 0.2) is 5.41 Å². The molecule has 3 unspecified atom stereocenters. The first kappa shape index (κ1) is 17.6. The fourth-order valence-corrected chi connectivity index (χ4v) is 3.54. The SMILES string of the molecule is CC(CC1CC2CCC1C2)(C(F)(F)F)C(F)(F)F.CO. The molecule has 0 spiro atoms. The van der Waals surface area contributed by atoms with Gasteiger partial charge in [-0.3, -0.25) is 0 Å². The van der Waals surface area contributed by atoms with E-state index in [9.17, 15) is 26.3 Å². The number of halogens is 6. The molecule has 2 rings (SSSR count). The summed E-state index contributed by atoms with van der Waals surface area (Å²) in [6.07, 6.45) is -8.15. The van der Waals surface area contributed by atoms with Gasteiger partial charge < -0.3 is 5.11 Å². The molecule has 7 heteroatoms. The van der Waals surface area contributed by atoms with Crippen molar-refractivity contribution < 1.29 is 31.4 Å². The topological polar surface area (TPSA) is 20.2 Å². The van der Waals surface area contributed by atoms with E-state index in [4.69, 9.17) is 5.11 Å². The average Bonchev–Trinajstić information content (AvgIpc) is 2.90. The van der Waals surface area contributed by atoms with Gasteiger partial charge in [0.1, 0.15) is 0 Å². The van der Waals surface area contributed by atoms with E-state index in [1.807, 2.05) is 0 Å². The molecule has 0 aliphatic heterocycles. The minimum absolute atomic E-state index is 0.0685. The summed E-state index contributed by atoms with van der Waals surface area (Å²) in [5, 5.41) is 7.00. The Bertz CT molecular complexity index is 308. The number of hydrogen-bond acceptors (Lipinski definition) is 1. The van der Waals surface area contributed by atoms with Crippen LogP contribution in [-0.2, 0) is 0 Å². The van der Waals surface area contributed by atoms with E-state index in [0.717, 1.165) is 26.4 Å². The quantitative estimate of drug-likeness (QED) is 0.742. The Morgan fingerprint density at radius 2 is 1.40 bits per heavy atom. The predicted octanol–water partition coefficient (Wildman–Crippen LogP) is 4.55. The Hall–Kier alpha value is -0.460. The fraction of sp³-hybridized carbons (Fsp3) is 1.00. The normalized spacial score (nSPS) is 30.1. The van der Waals surface area contributed by atoms with Crippen LogP contribution in [0.3, 0.4) is 0 Å². The average molecular weight is 306 g/mol. The zero-order valence-corrected chi connectivity index (χ0v) is 11.5. The van der Waals surface area contributed by atoms with Crippen LogP contribution < -0.4 is 0 Å². The predicted molar refractivity (Wildman–Crippen MR) is 61.9 cm³/mol. The Morgan fingerprint density at radius 3 is 1.70 bits per heavy atom. The molecule has 1 N–H and O–H groups in total. The van der Waals surface area contributed by atoms with E-state index < -0.39 is 30.1 Å². The first-order valence-electron chi connectivity index (χ1n) is 6.63. The minimum Gasteiger partial charge on any atom is -0.400 e. The number of aliphatic hydroxyl groups excluding tert-OH is 1.